The van der Waals surface area contributed by atoms with Gasteiger partial charge in [-0.2, -0.15) is 0 Å². The molecule has 0 radical (unpaired) electrons. The van der Waals surface area contributed by atoms with E-state index < -0.39 is 0 Å². The van der Waals surface area contributed by atoms with Crippen molar-refractivity contribution in [2.24, 2.45) is 0 Å². The third-order valence-corrected chi connectivity index (χ3v) is 3.90. The standard InChI is InChI=1S/C20H25NO3/c1-2-3-4-5-6-7-13-24-17-10-11-18(19(22)14-17)20(23)16-9-8-12-21-15-16/h8-12,14-15,22H,2-7,13H2,1H3. The maximum atomic E-state index is 12.3. The first kappa shape index (κ1) is 18.0. The number of aromatic nitrogens is 1. The number of rotatable bonds is 10. The van der Waals surface area contributed by atoms with Crippen LogP contribution in [0.25, 0.3) is 0 Å². The fourth-order valence-corrected chi connectivity index (χ4v) is 2.52. The van der Waals surface area contributed by atoms with E-state index >= 15 is 0 Å². The van der Waals surface area contributed by atoms with Crippen molar-refractivity contribution >= 4 is 5.78 Å². The van der Waals surface area contributed by atoms with Gasteiger partial charge in [0.1, 0.15) is 11.5 Å². The van der Waals surface area contributed by atoms with Gasteiger partial charge in [0.15, 0.2) is 5.78 Å². The van der Waals surface area contributed by atoms with Crippen molar-refractivity contribution in [3.63, 3.8) is 0 Å². The predicted octanol–water partition coefficient (Wildman–Crippen LogP) is 4.76. The second-order valence-electron chi connectivity index (χ2n) is 5.87. The average molecular weight is 327 g/mol. The molecule has 0 saturated heterocycles. The molecule has 0 spiro atoms. The van der Waals surface area contributed by atoms with Gasteiger partial charge in [0.25, 0.3) is 0 Å². The molecule has 0 aliphatic carbocycles. The Bertz CT molecular complexity index is 641. The van der Waals surface area contributed by atoms with E-state index in [1.54, 1.807) is 30.5 Å². The van der Waals surface area contributed by atoms with Crippen LogP contribution in [0.4, 0.5) is 0 Å². The fraction of sp³-hybridized carbons (Fsp3) is 0.400. The fourth-order valence-electron chi connectivity index (χ4n) is 2.52. The number of unbranched alkanes of at least 4 members (excludes halogenated alkanes) is 5. The number of phenolic OH excluding ortho intramolecular Hbond substituents is 1. The zero-order valence-corrected chi connectivity index (χ0v) is 14.2. The SMILES string of the molecule is CCCCCCCCOc1ccc(C(=O)c2cccnc2)c(O)c1. The van der Waals surface area contributed by atoms with E-state index in [4.69, 9.17) is 4.74 Å². The van der Waals surface area contributed by atoms with Gasteiger partial charge in [-0.15, -0.1) is 0 Å². The minimum atomic E-state index is -0.247. The van der Waals surface area contributed by atoms with Gasteiger partial charge in [0.05, 0.1) is 12.2 Å². The van der Waals surface area contributed by atoms with Gasteiger partial charge >= 0.3 is 0 Å². The van der Waals surface area contributed by atoms with Crippen LogP contribution in [0.3, 0.4) is 0 Å². The summed E-state index contributed by atoms with van der Waals surface area (Å²) in [5.41, 5.74) is 0.712. The van der Waals surface area contributed by atoms with E-state index in [0.29, 0.717) is 17.9 Å². The van der Waals surface area contributed by atoms with Crippen molar-refractivity contribution in [3.8, 4) is 11.5 Å². The molecule has 4 nitrogen and oxygen atoms in total. The summed E-state index contributed by atoms with van der Waals surface area (Å²) in [6.45, 7) is 2.83. The quantitative estimate of drug-likeness (QED) is 0.505. The maximum Gasteiger partial charge on any atom is 0.198 e. The van der Waals surface area contributed by atoms with Crippen LogP contribution in [0.5, 0.6) is 11.5 Å². The van der Waals surface area contributed by atoms with Crippen molar-refractivity contribution in [2.75, 3.05) is 6.61 Å². The molecule has 0 unspecified atom stereocenters. The Morgan fingerprint density at radius 1 is 1.12 bits per heavy atom. The monoisotopic (exact) mass is 327 g/mol. The molecular formula is C20H25NO3. The molecule has 128 valence electrons. The van der Waals surface area contributed by atoms with Crippen LogP contribution in [-0.2, 0) is 0 Å². The molecule has 24 heavy (non-hydrogen) atoms. The molecule has 0 aliphatic heterocycles. The number of benzene rings is 1. The summed E-state index contributed by atoms with van der Waals surface area (Å²) in [5, 5.41) is 10.1. The summed E-state index contributed by atoms with van der Waals surface area (Å²) in [7, 11) is 0. The number of ether oxygens (including phenoxy) is 1. The summed E-state index contributed by atoms with van der Waals surface area (Å²) < 4.78 is 5.65. The number of ketones is 1. The molecule has 0 aliphatic rings. The van der Waals surface area contributed by atoms with Gasteiger partial charge in [-0.25, -0.2) is 0 Å². The first-order valence-corrected chi connectivity index (χ1v) is 8.63. The highest BCUT2D eigenvalue weighted by Gasteiger charge is 2.14. The van der Waals surface area contributed by atoms with Gasteiger partial charge in [0, 0.05) is 24.0 Å². The Kier molecular flexibility index (Phi) is 7.27. The number of phenols is 1. The molecular weight excluding hydrogens is 302 g/mol. The Balaban J connectivity index is 1.85. The minimum absolute atomic E-state index is 0.0655. The van der Waals surface area contributed by atoms with Gasteiger partial charge in [-0.3, -0.25) is 9.78 Å². The Hall–Kier alpha value is -2.36. The van der Waals surface area contributed by atoms with E-state index in [0.717, 1.165) is 12.8 Å². The van der Waals surface area contributed by atoms with E-state index in [1.165, 1.54) is 37.9 Å². The third-order valence-electron chi connectivity index (χ3n) is 3.90. The number of carbonyl (C=O) groups excluding carboxylic acids is 1. The third kappa shape index (κ3) is 5.37. The number of aromatic hydroxyl groups is 1. The van der Waals surface area contributed by atoms with Crippen LogP contribution in [0, 0.1) is 0 Å². The smallest absolute Gasteiger partial charge is 0.198 e. The topological polar surface area (TPSA) is 59.4 Å². The average Bonchev–Trinajstić information content (AvgIpc) is 2.61. The molecule has 4 heteroatoms. The second kappa shape index (κ2) is 9.71. The Morgan fingerprint density at radius 2 is 1.92 bits per heavy atom. The molecule has 0 amide bonds. The molecule has 1 N–H and O–H groups in total. The number of hydrogen-bond donors (Lipinski definition) is 1. The summed E-state index contributed by atoms with van der Waals surface area (Å²) >= 11 is 0. The number of pyridine rings is 1. The first-order valence-electron chi connectivity index (χ1n) is 8.63. The number of nitrogens with zero attached hydrogens (tertiary/aromatic N) is 1. The highest BCUT2D eigenvalue weighted by molar-refractivity contribution is 6.10. The van der Waals surface area contributed by atoms with Crippen LogP contribution in [0.15, 0.2) is 42.7 Å². The number of hydrogen-bond acceptors (Lipinski definition) is 4. The van der Waals surface area contributed by atoms with Crippen molar-refractivity contribution < 1.29 is 14.6 Å². The highest BCUT2D eigenvalue weighted by Crippen LogP contribution is 2.26. The molecule has 0 bridgehead atoms. The molecule has 1 aromatic heterocycles. The van der Waals surface area contributed by atoms with Gasteiger partial charge in [-0.05, 0) is 30.7 Å². The molecule has 0 atom stereocenters. The van der Waals surface area contributed by atoms with E-state index in [9.17, 15) is 9.90 Å². The van der Waals surface area contributed by atoms with Crippen LogP contribution in [-0.4, -0.2) is 22.5 Å². The molecule has 2 aromatic rings. The van der Waals surface area contributed by atoms with Crippen LogP contribution < -0.4 is 4.74 Å². The van der Waals surface area contributed by atoms with Gasteiger partial charge in [-0.1, -0.05) is 39.0 Å². The summed E-state index contributed by atoms with van der Waals surface area (Å²) in [5.74, 6) is 0.274. The van der Waals surface area contributed by atoms with Gasteiger partial charge < -0.3 is 9.84 Å². The second-order valence-corrected chi connectivity index (χ2v) is 5.87. The molecule has 2 rings (SSSR count). The zero-order valence-electron chi connectivity index (χ0n) is 14.2. The Labute approximate surface area is 143 Å². The first-order chi connectivity index (χ1) is 11.7. The van der Waals surface area contributed by atoms with Crippen molar-refractivity contribution in [2.45, 2.75) is 45.4 Å². The zero-order chi connectivity index (χ0) is 17.2. The van der Waals surface area contributed by atoms with E-state index in [2.05, 4.69) is 11.9 Å². The molecule has 0 saturated carbocycles. The molecule has 1 aromatic carbocycles. The van der Waals surface area contributed by atoms with Crippen LogP contribution in [0.1, 0.15) is 61.4 Å². The van der Waals surface area contributed by atoms with Crippen molar-refractivity contribution in [3.05, 3.63) is 53.9 Å². The lowest BCUT2D eigenvalue weighted by Gasteiger charge is -2.09. The molecule has 1 heterocycles. The summed E-state index contributed by atoms with van der Waals surface area (Å²) in [6, 6.07) is 8.20. The van der Waals surface area contributed by atoms with Gasteiger partial charge in [0.2, 0.25) is 0 Å². The van der Waals surface area contributed by atoms with Crippen LogP contribution >= 0.6 is 0 Å². The summed E-state index contributed by atoms with van der Waals surface area (Å²) in [6.07, 6.45) is 10.3. The minimum Gasteiger partial charge on any atom is -0.507 e. The maximum absolute atomic E-state index is 12.3. The van der Waals surface area contributed by atoms with Crippen LogP contribution in [0.2, 0.25) is 0 Å². The summed E-state index contributed by atoms with van der Waals surface area (Å²) in [4.78, 5) is 16.3. The Morgan fingerprint density at radius 3 is 2.62 bits per heavy atom. The lowest BCUT2D eigenvalue weighted by atomic mass is 10.0. The van der Waals surface area contributed by atoms with Crippen molar-refractivity contribution in [1.29, 1.82) is 0 Å². The van der Waals surface area contributed by atoms with E-state index in [1.807, 2.05) is 0 Å². The van der Waals surface area contributed by atoms with E-state index in [-0.39, 0.29) is 17.1 Å². The molecule has 0 fully saturated rings. The normalized spacial score (nSPS) is 10.5. The lowest BCUT2D eigenvalue weighted by molar-refractivity contribution is 0.103. The predicted molar refractivity (Wildman–Crippen MR) is 94.6 cm³/mol. The highest BCUT2D eigenvalue weighted by atomic mass is 16.5. The van der Waals surface area contributed by atoms with Crippen molar-refractivity contribution in [1.82, 2.24) is 4.98 Å². The lowest BCUT2D eigenvalue weighted by Crippen LogP contribution is -2.03. The number of carbonyl (C=O) groups is 1. The largest absolute Gasteiger partial charge is 0.507 e.